The van der Waals surface area contributed by atoms with Crippen molar-refractivity contribution in [1.29, 1.82) is 5.41 Å². The Morgan fingerprint density at radius 3 is 2.63 bits per heavy atom. The first kappa shape index (κ1) is 14.8. The van der Waals surface area contributed by atoms with E-state index >= 15 is 0 Å². The predicted octanol–water partition coefficient (Wildman–Crippen LogP) is 1.43. The van der Waals surface area contributed by atoms with Gasteiger partial charge in [0.05, 0.1) is 0 Å². The molecule has 0 saturated heterocycles. The molecule has 5 N–H and O–H groups in total. The van der Waals surface area contributed by atoms with E-state index in [2.05, 4.69) is 5.32 Å². The van der Waals surface area contributed by atoms with Gasteiger partial charge < -0.3 is 20.9 Å². The summed E-state index contributed by atoms with van der Waals surface area (Å²) in [6.45, 7) is 5.31. The highest BCUT2D eigenvalue weighted by atomic mass is 16.6. The minimum absolute atomic E-state index is 0.00742. The van der Waals surface area contributed by atoms with Gasteiger partial charge in [-0.25, -0.2) is 0 Å². The van der Waals surface area contributed by atoms with Crippen LogP contribution in [-0.2, 0) is 9.53 Å². The van der Waals surface area contributed by atoms with Crippen molar-refractivity contribution in [2.45, 2.75) is 26.4 Å². The Balaban J connectivity index is 2.73. The van der Waals surface area contributed by atoms with Gasteiger partial charge in [0.1, 0.15) is 23.7 Å². The van der Waals surface area contributed by atoms with Crippen LogP contribution >= 0.6 is 0 Å². The van der Waals surface area contributed by atoms with Crippen molar-refractivity contribution in [2.24, 2.45) is 5.73 Å². The monoisotopic (exact) mass is 265 g/mol. The summed E-state index contributed by atoms with van der Waals surface area (Å²) < 4.78 is 5.15. The number of carbonyl (C=O) groups excluding carboxylic acids is 1. The van der Waals surface area contributed by atoms with E-state index in [4.69, 9.17) is 15.9 Å². The third-order valence-electron chi connectivity index (χ3n) is 2.14. The highest BCUT2D eigenvalue weighted by molar-refractivity contribution is 6.01. The number of nitrogen functional groups attached to an aromatic ring is 1. The van der Waals surface area contributed by atoms with Gasteiger partial charge in [-0.3, -0.25) is 10.2 Å². The first-order valence-electron chi connectivity index (χ1n) is 5.82. The van der Waals surface area contributed by atoms with Crippen LogP contribution in [0, 0.1) is 5.41 Å². The molecule has 0 saturated carbocycles. The fourth-order valence-corrected chi connectivity index (χ4v) is 1.45. The number of phenolic OH excluding ortho intramolecular Hbond substituents is 1. The van der Waals surface area contributed by atoms with Crippen LogP contribution in [0.25, 0.3) is 0 Å². The van der Waals surface area contributed by atoms with E-state index in [-0.39, 0.29) is 18.1 Å². The Kier molecular flexibility index (Phi) is 4.37. The Bertz CT molecular complexity index is 492. The fraction of sp³-hybridized carbons (Fsp3) is 0.385. The third-order valence-corrected chi connectivity index (χ3v) is 2.14. The number of benzene rings is 1. The zero-order chi connectivity index (χ0) is 14.6. The number of ether oxygens (including phenoxy) is 1. The Morgan fingerprint density at radius 1 is 1.47 bits per heavy atom. The summed E-state index contributed by atoms with van der Waals surface area (Å²) in [6.07, 6.45) is 0. The first-order valence-corrected chi connectivity index (χ1v) is 5.82. The van der Waals surface area contributed by atoms with Gasteiger partial charge in [-0.2, -0.15) is 0 Å². The molecule has 0 heterocycles. The molecule has 0 atom stereocenters. The molecule has 104 valence electrons. The molecule has 6 nitrogen and oxygen atoms in total. The number of hydrogen-bond acceptors (Lipinski definition) is 5. The number of phenols is 1. The Labute approximate surface area is 112 Å². The van der Waals surface area contributed by atoms with E-state index in [1.165, 1.54) is 12.1 Å². The molecule has 1 aromatic carbocycles. The minimum atomic E-state index is -0.545. The average molecular weight is 265 g/mol. The number of carbonyl (C=O) groups is 1. The molecule has 0 aliphatic rings. The van der Waals surface area contributed by atoms with Crippen LogP contribution in [0.3, 0.4) is 0 Å². The van der Waals surface area contributed by atoms with Gasteiger partial charge in [-0.1, -0.05) is 0 Å². The lowest BCUT2D eigenvalue weighted by atomic mass is 10.1. The highest BCUT2D eigenvalue weighted by Crippen LogP contribution is 2.20. The van der Waals surface area contributed by atoms with Crippen molar-refractivity contribution in [3.8, 4) is 5.75 Å². The molecule has 0 aliphatic heterocycles. The second kappa shape index (κ2) is 5.60. The lowest BCUT2D eigenvalue weighted by Gasteiger charge is -2.20. The molecule has 0 aliphatic carbocycles. The maximum atomic E-state index is 11.6. The molecular formula is C13H19N3O3. The van der Waals surface area contributed by atoms with Gasteiger partial charge in [0.2, 0.25) is 0 Å². The number of nitrogens with two attached hydrogens (primary N) is 1. The van der Waals surface area contributed by atoms with Gasteiger partial charge in [0.25, 0.3) is 0 Å². The smallest absolute Gasteiger partial charge is 0.325 e. The number of rotatable bonds is 4. The zero-order valence-corrected chi connectivity index (χ0v) is 11.3. The van der Waals surface area contributed by atoms with E-state index in [0.717, 1.165) is 0 Å². The molecule has 0 fully saturated rings. The maximum Gasteiger partial charge on any atom is 0.325 e. The van der Waals surface area contributed by atoms with Crippen molar-refractivity contribution in [3.63, 3.8) is 0 Å². The van der Waals surface area contributed by atoms with Crippen LogP contribution in [0.5, 0.6) is 5.75 Å². The van der Waals surface area contributed by atoms with Gasteiger partial charge in [0, 0.05) is 11.3 Å². The molecule has 1 aromatic rings. The summed E-state index contributed by atoms with van der Waals surface area (Å²) in [5.74, 6) is -0.592. The summed E-state index contributed by atoms with van der Waals surface area (Å²) in [5, 5.41) is 19.6. The van der Waals surface area contributed by atoms with E-state index in [9.17, 15) is 9.90 Å². The predicted molar refractivity (Wildman–Crippen MR) is 73.5 cm³/mol. The van der Waals surface area contributed by atoms with Gasteiger partial charge >= 0.3 is 5.97 Å². The molecular weight excluding hydrogens is 246 g/mol. The fourth-order valence-electron chi connectivity index (χ4n) is 1.45. The van der Waals surface area contributed by atoms with Gasteiger partial charge in [-0.15, -0.1) is 0 Å². The van der Waals surface area contributed by atoms with Gasteiger partial charge in [0.15, 0.2) is 0 Å². The van der Waals surface area contributed by atoms with E-state index < -0.39 is 11.6 Å². The normalized spacial score (nSPS) is 10.9. The van der Waals surface area contributed by atoms with E-state index in [0.29, 0.717) is 11.3 Å². The van der Waals surface area contributed by atoms with Crippen molar-refractivity contribution >= 4 is 17.5 Å². The van der Waals surface area contributed by atoms with E-state index in [1.807, 2.05) is 0 Å². The second-order valence-electron chi connectivity index (χ2n) is 5.08. The van der Waals surface area contributed by atoms with Crippen LogP contribution in [0.15, 0.2) is 18.2 Å². The second-order valence-corrected chi connectivity index (χ2v) is 5.08. The standard InChI is InChI=1S/C13H19N3O3/c1-13(2,3)19-11(18)7-16-10-5-4-8(17)6-9(10)12(14)15/h4-6,16-17H,7H2,1-3H3,(H3,14,15). The number of amidine groups is 1. The first-order chi connectivity index (χ1) is 8.69. The molecule has 0 unspecified atom stereocenters. The number of esters is 1. The zero-order valence-electron chi connectivity index (χ0n) is 11.3. The highest BCUT2D eigenvalue weighted by Gasteiger charge is 2.16. The SMILES string of the molecule is CC(C)(C)OC(=O)CNc1ccc(O)cc1C(=N)N. The third kappa shape index (κ3) is 4.87. The molecule has 1 rings (SSSR count). The van der Waals surface area contributed by atoms with Crippen molar-refractivity contribution in [3.05, 3.63) is 23.8 Å². The molecule has 0 amide bonds. The quantitative estimate of drug-likeness (QED) is 0.285. The van der Waals surface area contributed by atoms with E-state index in [1.54, 1.807) is 26.8 Å². The largest absolute Gasteiger partial charge is 0.508 e. The molecule has 0 aromatic heterocycles. The summed E-state index contributed by atoms with van der Waals surface area (Å²) >= 11 is 0. The number of hydrogen-bond donors (Lipinski definition) is 4. The number of nitrogens with one attached hydrogen (secondary N) is 2. The Morgan fingerprint density at radius 2 is 2.11 bits per heavy atom. The van der Waals surface area contributed by atoms with Crippen molar-refractivity contribution < 1.29 is 14.6 Å². The molecule has 19 heavy (non-hydrogen) atoms. The van der Waals surface area contributed by atoms with Crippen LogP contribution in [-0.4, -0.2) is 29.1 Å². The maximum absolute atomic E-state index is 11.6. The number of aromatic hydroxyl groups is 1. The Hall–Kier alpha value is -2.24. The van der Waals surface area contributed by atoms with Crippen molar-refractivity contribution in [1.82, 2.24) is 0 Å². The van der Waals surface area contributed by atoms with Crippen molar-refractivity contribution in [2.75, 3.05) is 11.9 Å². The lowest BCUT2D eigenvalue weighted by Crippen LogP contribution is -2.28. The topological polar surface area (TPSA) is 108 Å². The number of anilines is 1. The summed E-state index contributed by atoms with van der Waals surface area (Å²) in [4.78, 5) is 11.6. The summed E-state index contributed by atoms with van der Waals surface area (Å²) in [5.41, 5.74) is 5.70. The average Bonchev–Trinajstić information content (AvgIpc) is 2.24. The summed E-state index contributed by atoms with van der Waals surface area (Å²) in [7, 11) is 0. The molecule has 0 spiro atoms. The summed E-state index contributed by atoms with van der Waals surface area (Å²) in [6, 6.07) is 4.36. The van der Waals surface area contributed by atoms with Crippen LogP contribution in [0.1, 0.15) is 26.3 Å². The molecule has 6 heteroatoms. The van der Waals surface area contributed by atoms with Crippen LogP contribution < -0.4 is 11.1 Å². The molecule has 0 radical (unpaired) electrons. The lowest BCUT2D eigenvalue weighted by molar-refractivity contribution is -0.152. The minimum Gasteiger partial charge on any atom is -0.508 e. The molecule has 0 bridgehead atoms. The van der Waals surface area contributed by atoms with Crippen LogP contribution in [0.2, 0.25) is 0 Å². The van der Waals surface area contributed by atoms with Crippen LogP contribution in [0.4, 0.5) is 5.69 Å². The van der Waals surface area contributed by atoms with Gasteiger partial charge in [-0.05, 0) is 39.0 Å².